The Hall–Kier alpha value is -1.58. The molecule has 3 nitrogen and oxygen atoms in total. The highest BCUT2D eigenvalue weighted by molar-refractivity contribution is 5.96. The summed E-state index contributed by atoms with van der Waals surface area (Å²) in [4.78, 5) is 11.9. The molecule has 2 N–H and O–H groups in total. The lowest BCUT2D eigenvalue weighted by Gasteiger charge is -2.26. The van der Waals surface area contributed by atoms with Crippen LogP contribution in [-0.4, -0.2) is 17.6 Å². The number of hydrogen-bond donors (Lipinski definition) is 2. The van der Waals surface area contributed by atoms with E-state index >= 15 is 0 Å². The van der Waals surface area contributed by atoms with Crippen molar-refractivity contribution in [2.45, 2.75) is 32.6 Å². The number of phenols is 1. The molecule has 0 radical (unpaired) electrons. The van der Waals surface area contributed by atoms with Gasteiger partial charge in [-0.05, 0) is 42.9 Å². The van der Waals surface area contributed by atoms with Crippen molar-refractivity contribution in [3.63, 3.8) is 0 Å². The largest absolute Gasteiger partial charge is 0.507 e. The van der Waals surface area contributed by atoms with Gasteiger partial charge in [-0.15, -0.1) is 0 Å². The van der Waals surface area contributed by atoms with E-state index in [4.69, 9.17) is 0 Å². The highest BCUT2D eigenvalue weighted by Crippen LogP contribution is 2.28. The number of rotatable bonds is 3. The Bertz CT molecular complexity index is 461. The van der Waals surface area contributed by atoms with Gasteiger partial charge in [-0.2, -0.15) is 0 Å². The standard InChI is InChI=1S/C15H20FNO2/c1-10-3-2-4-11(7-10)9-17-15(19)13-8-12(16)5-6-14(13)18/h5-6,8,10-11,18H,2-4,7,9H2,1H3,(H,17,19). The van der Waals surface area contributed by atoms with Gasteiger partial charge in [-0.3, -0.25) is 4.79 Å². The van der Waals surface area contributed by atoms with Crippen molar-refractivity contribution in [1.82, 2.24) is 5.32 Å². The fourth-order valence-electron chi connectivity index (χ4n) is 2.77. The SMILES string of the molecule is CC1CCCC(CNC(=O)c2cc(F)ccc2O)C1. The fourth-order valence-corrected chi connectivity index (χ4v) is 2.77. The number of aromatic hydroxyl groups is 1. The molecule has 1 aromatic carbocycles. The molecule has 0 heterocycles. The van der Waals surface area contributed by atoms with Crippen LogP contribution in [-0.2, 0) is 0 Å². The summed E-state index contributed by atoms with van der Waals surface area (Å²) in [5, 5.41) is 12.3. The van der Waals surface area contributed by atoms with Crippen LogP contribution in [0.5, 0.6) is 5.75 Å². The Kier molecular flexibility index (Phi) is 4.40. The van der Waals surface area contributed by atoms with Crippen molar-refractivity contribution in [3.05, 3.63) is 29.6 Å². The minimum Gasteiger partial charge on any atom is -0.507 e. The summed E-state index contributed by atoms with van der Waals surface area (Å²) in [6.07, 6.45) is 4.71. The van der Waals surface area contributed by atoms with Gasteiger partial charge in [0.25, 0.3) is 5.91 Å². The van der Waals surface area contributed by atoms with Crippen molar-refractivity contribution >= 4 is 5.91 Å². The van der Waals surface area contributed by atoms with E-state index in [-0.39, 0.29) is 11.3 Å². The molecule has 0 aromatic heterocycles. The Labute approximate surface area is 112 Å². The number of hydrogen-bond acceptors (Lipinski definition) is 2. The summed E-state index contributed by atoms with van der Waals surface area (Å²) in [5.41, 5.74) is 0.00357. The minimum absolute atomic E-state index is 0.00357. The molecule has 19 heavy (non-hydrogen) atoms. The van der Waals surface area contributed by atoms with Crippen LogP contribution in [0.1, 0.15) is 43.0 Å². The number of phenolic OH excluding ortho intramolecular Hbond substituents is 1. The van der Waals surface area contributed by atoms with Gasteiger partial charge in [0.2, 0.25) is 0 Å². The summed E-state index contributed by atoms with van der Waals surface area (Å²) in [5.74, 6) is 0.0852. The van der Waals surface area contributed by atoms with E-state index < -0.39 is 11.7 Å². The lowest BCUT2D eigenvalue weighted by Crippen LogP contribution is -2.31. The summed E-state index contributed by atoms with van der Waals surface area (Å²) in [7, 11) is 0. The number of nitrogens with one attached hydrogen (secondary N) is 1. The van der Waals surface area contributed by atoms with Crippen LogP contribution >= 0.6 is 0 Å². The molecular weight excluding hydrogens is 245 g/mol. The molecule has 1 fully saturated rings. The summed E-state index contributed by atoms with van der Waals surface area (Å²) >= 11 is 0. The number of carbonyl (C=O) groups excluding carboxylic acids is 1. The second-order valence-corrected chi connectivity index (χ2v) is 5.51. The van der Waals surface area contributed by atoms with Crippen LogP contribution in [0.25, 0.3) is 0 Å². The smallest absolute Gasteiger partial charge is 0.255 e. The normalized spacial score (nSPS) is 23.1. The van der Waals surface area contributed by atoms with Gasteiger partial charge in [-0.25, -0.2) is 4.39 Å². The summed E-state index contributed by atoms with van der Waals surface area (Å²) in [6.45, 7) is 2.82. The Morgan fingerprint density at radius 2 is 2.26 bits per heavy atom. The molecule has 0 bridgehead atoms. The maximum Gasteiger partial charge on any atom is 0.255 e. The molecule has 1 aromatic rings. The van der Waals surface area contributed by atoms with Crippen molar-refractivity contribution in [2.24, 2.45) is 11.8 Å². The van der Waals surface area contributed by atoms with Crippen LogP contribution in [0.3, 0.4) is 0 Å². The first kappa shape index (κ1) is 13.8. The fraction of sp³-hybridized carbons (Fsp3) is 0.533. The van der Waals surface area contributed by atoms with E-state index in [2.05, 4.69) is 12.2 Å². The zero-order valence-electron chi connectivity index (χ0n) is 11.2. The third kappa shape index (κ3) is 3.69. The number of carbonyl (C=O) groups is 1. The minimum atomic E-state index is -0.519. The molecule has 1 aliphatic carbocycles. The summed E-state index contributed by atoms with van der Waals surface area (Å²) in [6, 6.07) is 3.40. The Morgan fingerprint density at radius 3 is 3.00 bits per heavy atom. The van der Waals surface area contributed by atoms with Gasteiger partial charge < -0.3 is 10.4 Å². The van der Waals surface area contributed by atoms with Crippen molar-refractivity contribution < 1.29 is 14.3 Å². The molecule has 4 heteroatoms. The van der Waals surface area contributed by atoms with Gasteiger partial charge in [-0.1, -0.05) is 19.8 Å². The Balaban J connectivity index is 1.92. The van der Waals surface area contributed by atoms with Crippen LogP contribution in [0, 0.1) is 17.7 Å². The molecule has 2 unspecified atom stereocenters. The van der Waals surface area contributed by atoms with Crippen LogP contribution in [0.2, 0.25) is 0 Å². The van der Waals surface area contributed by atoms with Crippen LogP contribution in [0.4, 0.5) is 4.39 Å². The molecular formula is C15H20FNO2. The van der Waals surface area contributed by atoms with E-state index in [0.717, 1.165) is 25.0 Å². The van der Waals surface area contributed by atoms with Crippen molar-refractivity contribution in [3.8, 4) is 5.75 Å². The average molecular weight is 265 g/mol. The molecule has 1 saturated carbocycles. The third-order valence-electron chi connectivity index (χ3n) is 3.80. The molecule has 0 saturated heterocycles. The van der Waals surface area contributed by atoms with Crippen LogP contribution in [0.15, 0.2) is 18.2 Å². The zero-order chi connectivity index (χ0) is 13.8. The van der Waals surface area contributed by atoms with E-state index in [1.807, 2.05) is 0 Å². The lowest BCUT2D eigenvalue weighted by molar-refractivity contribution is 0.0937. The number of amides is 1. The van der Waals surface area contributed by atoms with E-state index in [1.54, 1.807) is 0 Å². The maximum absolute atomic E-state index is 13.1. The van der Waals surface area contributed by atoms with Crippen molar-refractivity contribution in [2.75, 3.05) is 6.54 Å². The molecule has 104 valence electrons. The first-order valence-electron chi connectivity index (χ1n) is 6.83. The monoisotopic (exact) mass is 265 g/mol. The highest BCUT2D eigenvalue weighted by atomic mass is 19.1. The van der Waals surface area contributed by atoms with Gasteiger partial charge in [0.15, 0.2) is 0 Å². The number of benzene rings is 1. The molecule has 1 amide bonds. The third-order valence-corrected chi connectivity index (χ3v) is 3.80. The number of halogens is 1. The summed E-state index contributed by atoms with van der Waals surface area (Å²) < 4.78 is 13.1. The van der Waals surface area contributed by atoms with Crippen molar-refractivity contribution in [1.29, 1.82) is 0 Å². The predicted molar refractivity (Wildman–Crippen MR) is 71.5 cm³/mol. The average Bonchev–Trinajstić information content (AvgIpc) is 2.39. The van der Waals surface area contributed by atoms with Gasteiger partial charge >= 0.3 is 0 Å². The van der Waals surface area contributed by atoms with Gasteiger partial charge in [0, 0.05) is 6.54 Å². The van der Waals surface area contributed by atoms with Gasteiger partial charge in [0.1, 0.15) is 11.6 Å². The topological polar surface area (TPSA) is 49.3 Å². The van der Waals surface area contributed by atoms with Gasteiger partial charge in [0.05, 0.1) is 5.56 Å². The van der Waals surface area contributed by atoms with Crippen LogP contribution < -0.4 is 5.32 Å². The predicted octanol–water partition coefficient (Wildman–Crippen LogP) is 3.09. The molecule has 2 atom stereocenters. The maximum atomic E-state index is 13.1. The molecule has 0 aliphatic heterocycles. The van der Waals surface area contributed by atoms with E-state index in [1.165, 1.54) is 18.9 Å². The van der Waals surface area contributed by atoms with E-state index in [9.17, 15) is 14.3 Å². The molecule has 0 spiro atoms. The highest BCUT2D eigenvalue weighted by Gasteiger charge is 2.20. The Morgan fingerprint density at radius 1 is 1.47 bits per heavy atom. The second-order valence-electron chi connectivity index (χ2n) is 5.51. The first-order chi connectivity index (χ1) is 9.06. The quantitative estimate of drug-likeness (QED) is 0.882. The lowest BCUT2D eigenvalue weighted by atomic mass is 9.82. The molecule has 2 rings (SSSR count). The zero-order valence-corrected chi connectivity index (χ0v) is 11.2. The van der Waals surface area contributed by atoms with E-state index in [0.29, 0.717) is 18.4 Å². The second kappa shape index (κ2) is 6.04. The molecule has 1 aliphatic rings. The first-order valence-corrected chi connectivity index (χ1v) is 6.83.